The third-order valence-electron chi connectivity index (χ3n) is 5.99. The van der Waals surface area contributed by atoms with Gasteiger partial charge >= 0.3 is 12.3 Å². The fraction of sp³-hybridized carbons (Fsp3) is 0.480. The number of hydrogen-bond donors (Lipinski definition) is 3. The highest BCUT2D eigenvalue weighted by Gasteiger charge is 2.50. The molecule has 1 amide bonds. The minimum absolute atomic E-state index is 0.0129. The van der Waals surface area contributed by atoms with E-state index in [2.05, 4.69) is 10.6 Å². The number of sulfonamides is 1. The summed E-state index contributed by atoms with van der Waals surface area (Å²) in [5.41, 5.74) is -0.982. The van der Waals surface area contributed by atoms with Gasteiger partial charge in [0.25, 0.3) is 10.0 Å². The summed E-state index contributed by atoms with van der Waals surface area (Å²) in [6, 6.07) is 6.81. The molecular weight excluding hydrogens is 546 g/mol. The number of aliphatic hydroxyl groups excluding tert-OH is 1. The number of rotatable bonds is 8. The van der Waals surface area contributed by atoms with E-state index in [0.717, 1.165) is 22.5 Å². The number of amides is 1. The molecule has 0 bridgehead atoms. The molecule has 2 aromatic carbocycles. The molecule has 1 heterocycles. The van der Waals surface area contributed by atoms with Crippen molar-refractivity contribution >= 4 is 33.2 Å². The van der Waals surface area contributed by atoms with Crippen LogP contribution in [0.2, 0.25) is 0 Å². The summed E-state index contributed by atoms with van der Waals surface area (Å²) in [5, 5.41) is 14.6. The highest BCUT2D eigenvalue weighted by Crippen LogP contribution is 2.39. The number of aliphatic hydroxyl groups is 1. The zero-order chi connectivity index (χ0) is 29.2. The molecule has 2 aromatic rings. The minimum Gasteiger partial charge on any atom is -0.494 e. The van der Waals surface area contributed by atoms with Crippen molar-refractivity contribution in [2.75, 3.05) is 35.2 Å². The lowest BCUT2D eigenvalue weighted by Crippen LogP contribution is -2.45. The number of anilines is 3. The van der Waals surface area contributed by atoms with Gasteiger partial charge in [-0.25, -0.2) is 17.6 Å². The van der Waals surface area contributed by atoms with Crippen molar-refractivity contribution in [2.45, 2.75) is 56.8 Å². The van der Waals surface area contributed by atoms with Gasteiger partial charge in [0.2, 0.25) is 6.10 Å². The molecule has 0 saturated heterocycles. The number of benzene rings is 2. The number of hydrogen-bond acceptors (Lipinski definition) is 7. The Bertz CT molecular complexity index is 1280. The van der Waals surface area contributed by atoms with Crippen molar-refractivity contribution < 1.29 is 45.4 Å². The number of methoxy groups -OCH3 is 1. The first-order valence-corrected chi connectivity index (χ1v) is 13.4. The molecule has 3 rings (SSSR count). The number of fused-ring (bicyclic) bond motifs is 1. The predicted octanol–water partition coefficient (Wildman–Crippen LogP) is 5.12. The van der Waals surface area contributed by atoms with Crippen LogP contribution in [0.25, 0.3) is 0 Å². The zero-order valence-electron chi connectivity index (χ0n) is 21.8. The molecule has 0 saturated carbocycles. The van der Waals surface area contributed by atoms with Gasteiger partial charge in [-0.1, -0.05) is 20.8 Å². The second-order valence-corrected chi connectivity index (χ2v) is 12.0. The lowest BCUT2D eigenvalue weighted by atomic mass is 9.88. The van der Waals surface area contributed by atoms with E-state index >= 15 is 0 Å². The van der Waals surface area contributed by atoms with Crippen molar-refractivity contribution in [1.82, 2.24) is 0 Å². The fourth-order valence-electron chi connectivity index (χ4n) is 4.15. The van der Waals surface area contributed by atoms with Crippen LogP contribution < -0.4 is 19.7 Å². The third kappa shape index (κ3) is 7.04. The molecule has 1 aliphatic heterocycles. The lowest BCUT2D eigenvalue weighted by Gasteiger charge is -2.37. The van der Waals surface area contributed by atoms with Gasteiger partial charge in [0, 0.05) is 29.8 Å². The smallest absolute Gasteiger partial charge is 0.426 e. The molecular formula is C25H31F4N3O6S. The van der Waals surface area contributed by atoms with E-state index in [0.29, 0.717) is 18.5 Å². The summed E-state index contributed by atoms with van der Waals surface area (Å²) in [6.07, 6.45) is -7.74. The average molecular weight is 578 g/mol. The second kappa shape index (κ2) is 11.5. The maximum Gasteiger partial charge on any atom is 0.426 e. The summed E-state index contributed by atoms with van der Waals surface area (Å²) < 4.78 is 92.3. The van der Waals surface area contributed by atoms with Crippen LogP contribution in [0, 0.1) is 11.2 Å². The largest absolute Gasteiger partial charge is 0.494 e. The number of carbonyl (C=O) groups excluding carboxylic acids is 1. The number of carbonyl (C=O) groups is 1. The minimum atomic E-state index is -4.81. The topological polar surface area (TPSA) is 117 Å². The van der Waals surface area contributed by atoms with Crippen LogP contribution in [0.1, 0.15) is 33.6 Å². The van der Waals surface area contributed by atoms with E-state index in [9.17, 15) is 35.9 Å². The third-order valence-corrected chi connectivity index (χ3v) is 7.76. The van der Waals surface area contributed by atoms with E-state index in [1.807, 2.05) is 0 Å². The van der Waals surface area contributed by atoms with Crippen LogP contribution in [0.15, 0.2) is 41.3 Å². The quantitative estimate of drug-likeness (QED) is 0.373. The number of halogens is 4. The van der Waals surface area contributed by atoms with Crippen molar-refractivity contribution in [2.24, 2.45) is 5.41 Å². The molecule has 0 radical (unpaired) electrons. The van der Waals surface area contributed by atoms with Crippen molar-refractivity contribution in [3.8, 4) is 5.75 Å². The van der Waals surface area contributed by atoms with Gasteiger partial charge in [0.1, 0.15) is 0 Å². The molecule has 0 spiro atoms. The van der Waals surface area contributed by atoms with Gasteiger partial charge in [0.05, 0.1) is 29.9 Å². The van der Waals surface area contributed by atoms with Crippen LogP contribution in [0.3, 0.4) is 0 Å². The van der Waals surface area contributed by atoms with Gasteiger partial charge in [-0.3, -0.25) is 9.62 Å². The Balaban J connectivity index is 1.97. The van der Waals surface area contributed by atoms with E-state index in [1.54, 1.807) is 0 Å². The van der Waals surface area contributed by atoms with Gasteiger partial charge in [0.15, 0.2) is 11.6 Å². The Hall–Kier alpha value is -3.26. The summed E-state index contributed by atoms with van der Waals surface area (Å²) in [4.78, 5) is 12.1. The van der Waals surface area contributed by atoms with Gasteiger partial charge in [-0.05, 0) is 43.2 Å². The molecule has 0 fully saturated rings. The number of alkyl halides is 3. The first kappa shape index (κ1) is 30.3. The van der Waals surface area contributed by atoms with Gasteiger partial charge in [-0.15, -0.1) is 0 Å². The molecule has 9 nitrogen and oxygen atoms in total. The molecule has 39 heavy (non-hydrogen) atoms. The molecule has 2 unspecified atom stereocenters. The van der Waals surface area contributed by atoms with Crippen LogP contribution in [0.4, 0.5) is 39.4 Å². The Morgan fingerprint density at radius 3 is 2.49 bits per heavy atom. The Morgan fingerprint density at radius 2 is 1.90 bits per heavy atom. The van der Waals surface area contributed by atoms with Crippen molar-refractivity contribution in [1.29, 1.82) is 0 Å². The molecule has 1 aliphatic rings. The summed E-state index contributed by atoms with van der Waals surface area (Å²) in [5.74, 6) is -1.03. The molecule has 2 atom stereocenters. The van der Waals surface area contributed by atoms with Crippen LogP contribution in [-0.4, -0.2) is 58.2 Å². The van der Waals surface area contributed by atoms with Gasteiger partial charge < -0.3 is 19.9 Å². The first-order valence-electron chi connectivity index (χ1n) is 12.0. The molecule has 0 aliphatic carbocycles. The van der Waals surface area contributed by atoms with Crippen molar-refractivity contribution in [3.63, 3.8) is 0 Å². The number of ether oxygens (including phenoxy) is 2. The second-order valence-electron chi connectivity index (χ2n) is 10.1. The highest BCUT2D eigenvalue weighted by atomic mass is 32.2. The highest BCUT2D eigenvalue weighted by molar-refractivity contribution is 7.92. The van der Waals surface area contributed by atoms with E-state index < -0.39 is 45.7 Å². The standard InChI is InChI=1S/C25H31F4N3O6S/c1-24(2,3)22(25(27,28)29)38-23(34)31-15-7-10-19-20(12-15)32(14-16(30-19)6-5-11-33)39(35,36)17-8-9-18(26)21(13-17)37-4/h7-10,12-13,16,22,30,33H,5-6,11,14H2,1-4H3,(H,31,34). The summed E-state index contributed by atoms with van der Waals surface area (Å²) in [6.45, 7) is 3.66. The summed E-state index contributed by atoms with van der Waals surface area (Å²) in [7, 11) is -3.10. The van der Waals surface area contributed by atoms with Crippen LogP contribution in [0.5, 0.6) is 5.75 Å². The Morgan fingerprint density at radius 1 is 1.21 bits per heavy atom. The normalized spacial score (nSPS) is 16.6. The SMILES string of the molecule is COc1cc(S(=O)(=O)N2CC(CCCO)Nc3ccc(NC(=O)OC(C(C)(C)C)C(F)(F)F)cc32)ccc1F. The average Bonchev–Trinajstić information content (AvgIpc) is 2.84. The van der Waals surface area contributed by atoms with Crippen LogP contribution >= 0.6 is 0 Å². The fourth-order valence-corrected chi connectivity index (χ4v) is 5.68. The lowest BCUT2D eigenvalue weighted by molar-refractivity contribution is -0.229. The van der Waals surface area contributed by atoms with E-state index in [1.165, 1.54) is 46.1 Å². The molecule has 216 valence electrons. The van der Waals surface area contributed by atoms with E-state index in [-0.39, 0.29) is 35.2 Å². The Labute approximate surface area is 224 Å². The maximum absolute atomic E-state index is 14.0. The number of nitrogens with one attached hydrogen (secondary N) is 2. The van der Waals surface area contributed by atoms with E-state index in [4.69, 9.17) is 9.47 Å². The van der Waals surface area contributed by atoms with Crippen molar-refractivity contribution in [3.05, 3.63) is 42.2 Å². The number of nitrogens with zero attached hydrogens (tertiary/aromatic N) is 1. The summed E-state index contributed by atoms with van der Waals surface area (Å²) >= 11 is 0. The van der Waals surface area contributed by atoms with Gasteiger partial charge in [-0.2, -0.15) is 13.2 Å². The first-order chi connectivity index (χ1) is 18.1. The molecule has 0 aromatic heterocycles. The predicted molar refractivity (Wildman–Crippen MR) is 137 cm³/mol. The molecule has 3 N–H and O–H groups in total. The Kier molecular flexibility index (Phi) is 8.90. The maximum atomic E-state index is 14.0. The van der Waals surface area contributed by atoms with Crippen LogP contribution in [-0.2, 0) is 14.8 Å². The zero-order valence-corrected chi connectivity index (χ0v) is 22.6. The monoisotopic (exact) mass is 577 g/mol. The molecule has 14 heteroatoms.